The summed E-state index contributed by atoms with van der Waals surface area (Å²) < 4.78 is 5.38. The number of carbonyl (C=O) groups is 4. The average molecular weight is 484 g/mol. The molecule has 2 aromatic rings. The predicted octanol–water partition coefficient (Wildman–Crippen LogP) is 1.38. The highest BCUT2D eigenvalue weighted by molar-refractivity contribution is 6.02. The van der Waals surface area contributed by atoms with E-state index in [1.54, 1.807) is 13.2 Å². The first-order valence-electron chi connectivity index (χ1n) is 12.1. The topological polar surface area (TPSA) is 143 Å². The van der Waals surface area contributed by atoms with Crippen LogP contribution < -0.4 is 20.8 Å². The molecule has 0 aliphatic carbocycles. The number of hydrazine groups is 1. The number of amides is 3. The molecule has 0 radical (unpaired) electrons. The van der Waals surface area contributed by atoms with Gasteiger partial charge >= 0.3 is 0 Å². The van der Waals surface area contributed by atoms with Gasteiger partial charge in [0.05, 0.1) is 25.3 Å². The van der Waals surface area contributed by atoms with E-state index in [0.29, 0.717) is 37.4 Å². The largest absolute Gasteiger partial charge is 0.496 e. The van der Waals surface area contributed by atoms with Gasteiger partial charge in [0, 0.05) is 36.3 Å². The molecule has 2 saturated heterocycles. The van der Waals surface area contributed by atoms with E-state index in [1.807, 2.05) is 32.0 Å². The van der Waals surface area contributed by atoms with Crippen LogP contribution in [0.15, 0.2) is 24.3 Å². The second-order valence-electron chi connectivity index (χ2n) is 9.72. The fourth-order valence-electron chi connectivity index (χ4n) is 4.52. The summed E-state index contributed by atoms with van der Waals surface area (Å²) in [7, 11) is 1.58. The van der Waals surface area contributed by atoms with Crippen LogP contribution >= 0.6 is 0 Å². The first-order valence-corrected chi connectivity index (χ1v) is 12.1. The van der Waals surface area contributed by atoms with Gasteiger partial charge in [0.25, 0.3) is 5.91 Å². The molecule has 4 N–H and O–H groups in total. The van der Waals surface area contributed by atoms with Crippen LogP contribution in [0.4, 0.5) is 0 Å². The van der Waals surface area contributed by atoms with Gasteiger partial charge in [-0.3, -0.25) is 29.6 Å². The van der Waals surface area contributed by atoms with Crippen molar-refractivity contribution >= 4 is 34.4 Å². The van der Waals surface area contributed by atoms with Crippen LogP contribution in [0.1, 0.15) is 43.6 Å². The molecule has 10 heteroatoms. The molecule has 3 atom stereocenters. The van der Waals surface area contributed by atoms with Gasteiger partial charge in [0.1, 0.15) is 11.8 Å². The predicted molar refractivity (Wildman–Crippen MR) is 130 cm³/mol. The van der Waals surface area contributed by atoms with Gasteiger partial charge < -0.3 is 20.4 Å². The zero-order chi connectivity index (χ0) is 25.1. The van der Waals surface area contributed by atoms with Crippen LogP contribution in [0.5, 0.6) is 5.75 Å². The van der Waals surface area contributed by atoms with E-state index >= 15 is 0 Å². The van der Waals surface area contributed by atoms with Gasteiger partial charge in [0.15, 0.2) is 5.78 Å². The Kier molecular flexibility index (Phi) is 7.39. The summed E-state index contributed by atoms with van der Waals surface area (Å²) in [5.41, 5.74) is 3.92. The maximum absolute atomic E-state index is 13.3. The van der Waals surface area contributed by atoms with E-state index in [1.165, 1.54) is 5.01 Å². The average Bonchev–Trinajstić information content (AvgIpc) is 3.45. The molecule has 1 unspecified atom stereocenters. The lowest BCUT2D eigenvalue weighted by Crippen LogP contribution is -2.53. The molecular formula is C25H33N5O5. The number of rotatable bonds is 10. The number of nitrogens with one attached hydrogen (secondary N) is 4. The first kappa shape index (κ1) is 24.7. The van der Waals surface area contributed by atoms with Crippen LogP contribution in [0.25, 0.3) is 10.9 Å². The summed E-state index contributed by atoms with van der Waals surface area (Å²) in [4.78, 5) is 54.5. The fourth-order valence-corrected chi connectivity index (χ4v) is 4.52. The number of methoxy groups -OCH3 is 1. The van der Waals surface area contributed by atoms with E-state index in [2.05, 4.69) is 21.0 Å². The molecule has 3 heterocycles. The van der Waals surface area contributed by atoms with Gasteiger partial charge in [0.2, 0.25) is 11.8 Å². The third kappa shape index (κ3) is 5.82. The van der Waals surface area contributed by atoms with E-state index in [-0.39, 0.29) is 48.4 Å². The molecule has 4 rings (SSSR count). The molecule has 1 aromatic carbocycles. The summed E-state index contributed by atoms with van der Waals surface area (Å²) in [6, 6.07) is 6.91. The molecule has 0 spiro atoms. The summed E-state index contributed by atoms with van der Waals surface area (Å²) in [6.07, 6.45) is 1.08. The Balaban J connectivity index is 1.49. The van der Waals surface area contributed by atoms with Gasteiger partial charge in [-0.2, -0.15) is 0 Å². The Hall–Kier alpha value is -3.40. The Morgan fingerprint density at radius 3 is 2.66 bits per heavy atom. The Labute approximate surface area is 204 Å². The second-order valence-corrected chi connectivity index (χ2v) is 9.72. The van der Waals surface area contributed by atoms with Crippen LogP contribution in [0.3, 0.4) is 0 Å². The summed E-state index contributed by atoms with van der Waals surface area (Å²) in [5, 5.41) is 7.77. The van der Waals surface area contributed by atoms with Gasteiger partial charge in [-0.15, -0.1) is 0 Å². The van der Waals surface area contributed by atoms with Gasteiger partial charge in [-0.1, -0.05) is 19.9 Å². The lowest BCUT2D eigenvalue weighted by atomic mass is 9.91. The lowest BCUT2D eigenvalue weighted by molar-refractivity contribution is -0.144. The van der Waals surface area contributed by atoms with Crippen molar-refractivity contribution in [2.75, 3.05) is 26.7 Å². The fraction of sp³-hybridized carbons (Fsp3) is 0.520. The minimum Gasteiger partial charge on any atom is -0.496 e. The van der Waals surface area contributed by atoms with Gasteiger partial charge in [-0.05, 0) is 37.0 Å². The zero-order valence-corrected chi connectivity index (χ0v) is 20.3. The van der Waals surface area contributed by atoms with Crippen LogP contribution in [-0.4, -0.2) is 66.3 Å². The number of aromatic amines is 1. The van der Waals surface area contributed by atoms with E-state index in [4.69, 9.17) is 4.74 Å². The van der Waals surface area contributed by atoms with Crippen LogP contribution in [0, 0.1) is 17.8 Å². The van der Waals surface area contributed by atoms with Crippen molar-refractivity contribution in [1.29, 1.82) is 0 Å². The number of aromatic nitrogens is 1. The normalized spacial score (nSPS) is 19.9. The van der Waals surface area contributed by atoms with Crippen molar-refractivity contribution < 1.29 is 23.9 Å². The van der Waals surface area contributed by atoms with Crippen molar-refractivity contribution in [3.8, 4) is 5.75 Å². The molecule has 2 aliphatic heterocycles. The van der Waals surface area contributed by atoms with E-state index in [9.17, 15) is 19.2 Å². The summed E-state index contributed by atoms with van der Waals surface area (Å²) >= 11 is 0. The highest BCUT2D eigenvalue weighted by atomic mass is 16.5. The summed E-state index contributed by atoms with van der Waals surface area (Å²) in [5.74, 6) is -1.15. The number of hydrogen-bond acceptors (Lipinski definition) is 6. The quantitative estimate of drug-likeness (QED) is 0.228. The number of H-pyrrole nitrogens is 1. The number of benzene rings is 1. The Morgan fingerprint density at radius 1 is 1.26 bits per heavy atom. The number of fused-ring (bicyclic) bond motifs is 1. The molecule has 0 bridgehead atoms. The number of ether oxygens (including phenoxy) is 1. The maximum atomic E-state index is 13.3. The molecule has 0 saturated carbocycles. The minimum absolute atomic E-state index is 0.00717. The standard InChI is InChI=1S/C25H33N5O5/c1-14(2)9-16(10-21(31)19-11-17-18(28-19)5-4-6-22(17)35-3)24(33)29-30(25(34)20-12-27-20)13-15-7-8-26-23(15)32/h4-6,11,14-16,20,27-28H,7-10,12-13H2,1-3H3,(H,26,32)(H,29,33)/t15-,16+,20?/m0/s1. The zero-order valence-electron chi connectivity index (χ0n) is 20.3. The number of ketones is 1. The molecule has 1 aromatic heterocycles. The smallest absolute Gasteiger partial charge is 0.259 e. The van der Waals surface area contributed by atoms with Crippen LogP contribution in [-0.2, 0) is 14.4 Å². The number of Topliss-reactive ketones (excluding diaryl/α,β-unsaturated/α-hetero) is 1. The second kappa shape index (κ2) is 10.5. The monoisotopic (exact) mass is 483 g/mol. The molecule has 2 fully saturated rings. The minimum atomic E-state index is -0.629. The lowest BCUT2D eigenvalue weighted by Gasteiger charge is -2.28. The van der Waals surface area contributed by atoms with Crippen molar-refractivity contribution in [3.05, 3.63) is 30.0 Å². The Morgan fingerprint density at radius 2 is 2.03 bits per heavy atom. The first-order chi connectivity index (χ1) is 16.8. The third-order valence-electron chi connectivity index (χ3n) is 6.49. The number of hydrogen-bond donors (Lipinski definition) is 4. The molecular weight excluding hydrogens is 450 g/mol. The number of carbonyl (C=O) groups excluding carboxylic acids is 4. The highest BCUT2D eigenvalue weighted by Crippen LogP contribution is 2.27. The molecule has 2 aliphatic rings. The van der Waals surface area contributed by atoms with E-state index < -0.39 is 11.8 Å². The van der Waals surface area contributed by atoms with E-state index in [0.717, 1.165) is 10.9 Å². The van der Waals surface area contributed by atoms with Crippen molar-refractivity contribution in [2.45, 2.75) is 39.2 Å². The van der Waals surface area contributed by atoms with Crippen molar-refractivity contribution in [2.24, 2.45) is 17.8 Å². The molecule has 35 heavy (non-hydrogen) atoms. The molecule has 10 nitrogen and oxygen atoms in total. The Bertz CT molecular complexity index is 1120. The molecule has 188 valence electrons. The van der Waals surface area contributed by atoms with Gasteiger partial charge in [-0.25, -0.2) is 0 Å². The summed E-state index contributed by atoms with van der Waals surface area (Å²) in [6.45, 7) is 5.18. The SMILES string of the molecule is COc1cccc2[nH]c(C(=O)C[C@@H](CC(C)C)C(=O)NN(C[C@@H]3CCNC3=O)C(=O)C3CN3)cc12. The molecule has 3 amide bonds. The maximum Gasteiger partial charge on any atom is 0.259 e. The number of nitrogens with zero attached hydrogens (tertiary/aromatic N) is 1. The third-order valence-corrected chi connectivity index (χ3v) is 6.49. The van der Waals surface area contributed by atoms with Crippen molar-refractivity contribution in [3.63, 3.8) is 0 Å². The highest BCUT2D eigenvalue weighted by Gasteiger charge is 2.37. The van der Waals surface area contributed by atoms with Crippen LogP contribution in [0.2, 0.25) is 0 Å². The van der Waals surface area contributed by atoms with Crippen molar-refractivity contribution in [1.82, 2.24) is 26.1 Å².